The molecular weight excluding hydrogens is 422 g/mol. The molecule has 0 aliphatic carbocycles. The Morgan fingerprint density at radius 3 is 2.27 bits per heavy atom. The second kappa shape index (κ2) is 9.27. The highest BCUT2D eigenvalue weighted by Gasteiger charge is 2.18. The summed E-state index contributed by atoms with van der Waals surface area (Å²) in [5, 5.41) is 4.70. The molecule has 0 radical (unpaired) electrons. The van der Waals surface area contributed by atoms with E-state index in [1.165, 1.54) is 47.4 Å². The summed E-state index contributed by atoms with van der Waals surface area (Å²) < 4.78 is 32.8. The largest absolute Gasteiger partial charge is 0.481 e. The number of ether oxygens (including phenoxy) is 1. The number of benzene rings is 2. The van der Waals surface area contributed by atoms with Crippen LogP contribution in [0.1, 0.15) is 32.3 Å². The molecule has 1 aromatic heterocycles. The molecule has 30 heavy (non-hydrogen) atoms. The van der Waals surface area contributed by atoms with Gasteiger partial charge in [-0.15, -0.1) is 11.3 Å². The molecule has 158 valence electrons. The van der Waals surface area contributed by atoms with Gasteiger partial charge in [0.25, 0.3) is 15.9 Å². The predicted octanol–water partition coefficient (Wildman–Crippen LogP) is 4.47. The predicted molar refractivity (Wildman–Crippen MR) is 119 cm³/mol. The Morgan fingerprint density at radius 2 is 1.70 bits per heavy atom. The number of amides is 1. The molecule has 0 spiro atoms. The van der Waals surface area contributed by atoms with Crippen molar-refractivity contribution in [3.8, 4) is 5.75 Å². The highest BCUT2D eigenvalue weighted by Crippen LogP contribution is 2.21. The standard InChI is InChI=1S/C21H23N3O4S2/c1-14(2)16-4-8-18(9-5-16)28-15(3)20(25)23-17-6-10-19(11-7-17)30(26,27)24-21-22-12-13-29-21/h4-15H,1-3H3,(H,22,24)(H,23,25)/t15-/m0/s1. The lowest BCUT2D eigenvalue weighted by Crippen LogP contribution is -2.30. The maximum atomic E-state index is 12.4. The molecule has 2 aromatic carbocycles. The van der Waals surface area contributed by atoms with Crippen molar-refractivity contribution in [1.82, 2.24) is 4.98 Å². The van der Waals surface area contributed by atoms with Crippen molar-refractivity contribution < 1.29 is 17.9 Å². The Balaban J connectivity index is 1.59. The fraction of sp³-hybridized carbons (Fsp3) is 0.238. The molecule has 1 atom stereocenters. The molecule has 2 N–H and O–H groups in total. The van der Waals surface area contributed by atoms with Gasteiger partial charge in [0, 0.05) is 17.3 Å². The summed E-state index contributed by atoms with van der Waals surface area (Å²) in [7, 11) is -3.73. The minimum absolute atomic E-state index is 0.0743. The summed E-state index contributed by atoms with van der Waals surface area (Å²) in [5.41, 5.74) is 1.66. The number of nitrogens with zero attached hydrogens (tertiary/aromatic N) is 1. The normalized spacial score (nSPS) is 12.4. The van der Waals surface area contributed by atoms with Crippen molar-refractivity contribution in [1.29, 1.82) is 0 Å². The van der Waals surface area contributed by atoms with Crippen molar-refractivity contribution >= 4 is 38.1 Å². The zero-order valence-corrected chi connectivity index (χ0v) is 18.5. The van der Waals surface area contributed by atoms with Gasteiger partial charge in [0.05, 0.1) is 4.90 Å². The van der Waals surface area contributed by atoms with Gasteiger partial charge < -0.3 is 10.1 Å². The zero-order chi connectivity index (χ0) is 21.7. The average Bonchev–Trinajstić information content (AvgIpc) is 3.21. The second-order valence-electron chi connectivity index (χ2n) is 6.94. The van der Waals surface area contributed by atoms with Gasteiger partial charge >= 0.3 is 0 Å². The van der Waals surface area contributed by atoms with E-state index < -0.39 is 16.1 Å². The maximum Gasteiger partial charge on any atom is 0.265 e. The zero-order valence-electron chi connectivity index (χ0n) is 16.8. The lowest BCUT2D eigenvalue weighted by molar-refractivity contribution is -0.122. The number of carbonyl (C=O) groups excluding carboxylic acids is 1. The van der Waals surface area contributed by atoms with Crippen molar-refractivity contribution in [2.75, 3.05) is 10.0 Å². The second-order valence-corrected chi connectivity index (χ2v) is 9.52. The van der Waals surface area contributed by atoms with Gasteiger partial charge in [-0.1, -0.05) is 26.0 Å². The molecule has 0 bridgehead atoms. The summed E-state index contributed by atoms with van der Waals surface area (Å²) in [6, 6.07) is 13.5. The molecule has 3 aromatic rings. The number of thiazole rings is 1. The van der Waals surface area contributed by atoms with Gasteiger partial charge in [-0.05, 0) is 54.8 Å². The first-order valence-electron chi connectivity index (χ1n) is 9.34. The lowest BCUT2D eigenvalue weighted by Gasteiger charge is -2.15. The summed E-state index contributed by atoms with van der Waals surface area (Å²) in [4.78, 5) is 16.4. The van der Waals surface area contributed by atoms with Crippen LogP contribution in [0.25, 0.3) is 0 Å². The highest BCUT2D eigenvalue weighted by atomic mass is 32.2. The summed E-state index contributed by atoms with van der Waals surface area (Å²) in [6.45, 7) is 5.87. The first-order valence-corrected chi connectivity index (χ1v) is 11.7. The molecule has 0 unspecified atom stereocenters. The van der Waals surface area contributed by atoms with Gasteiger partial charge in [-0.2, -0.15) is 0 Å². The minimum Gasteiger partial charge on any atom is -0.481 e. The van der Waals surface area contributed by atoms with Gasteiger partial charge in [-0.3, -0.25) is 9.52 Å². The summed E-state index contributed by atoms with van der Waals surface area (Å²) in [6.07, 6.45) is 0.799. The number of hydrogen-bond donors (Lipinski definition) is 2. The monoisotopic (exact) mass is 445 g/mol. The average molecular weight is 446 g/mol. The van der Waals surface area contributed by atoms with Crippen molar-refractivity contribution in [2.45, 2.75) is 37.7 Å². The van der Waals surface area contributed by atoms with Gasteiger partial charge in [-0.25, -0.2) is 13.4 Å². The summed E-state index contributed by atoms with van der Waals surface area (Å²) >= 11 is 1.19. The first-order chi connectivity index (χ1) is 14.2. The number of aromatic nitrogens is 1. The minimum atomic E-state index is -3.73. The Morgan fingerprint density at radius 1 is 1.03 bits per heavy atom. The number of hydrogen-bond acceptors (Lipinski definition) is 6. The van der Waals surface area contributed by atoms with Crippen molar-refractivity contribution in [3.05, 3.63) is 65.7 Å². The van der Waals surface area contributed by atoms with Crippen LogP contribution < -0.4 is 14.8 Å². The van der Waals surface area contributed by atoms with E-state index >= 15 is 0 Å². The molecule has 0 aliphatic rings. The molecular formula is C21H23N3O4S2. The number of sulfonamides is 1. The van der Waals surface area contributed by atoms with E-state index in [4.69, 9.17) is 4.74 Å². The Labute approximate surface area is 180 Å². The molecule has 1 amide bonds. The fourth-order valence-electron chi connectivity index (χ4n) is 2.60. The van der Waals surface area contributed by atoms with Crippen molar-refractivity contribution in [2.24, 2.45) is 0 Å². The summed E-state index contributed by atoms with van der Waals surface area (Å²) in [5.74, 6) is 0.694. The van der Waals surface area contributed by atoms with Crippen LogP contribution in [0.2, 0.25) is 0 Å². The van der Waals surface area contributed by atoms with Crippen LogP contribution in [0, 0.1) is 0 Å². The van der Waals surface area contributed by atoms with Crippen LogP contribution in [0.4, 0.5) is 10.8 Å². The quantitative estimate of drug-likeness (QED) is 0.533. The molecule has 3 rings (SSSR count). The SMILES string of the molecule is CC(C)c1ccc(O[C@@H](C)C(=O)Nc2ccc(S(=O)(=O)Nc3nccs3)cc2)cc1. The molecule has 0 saturated heterocycles. The smallest absolute Gasteiger partial charge is 0.265 e. The lowest BCUT2D eigenvalue weighted by atomic mass is 10.0. The number of rotatable bonds is 8. The van der Waals surface area contributed by atoms with E-state index in [9.17, 15) is 13.2 Å². The highest BCUT2D eigenvalue weighted by molar-refractivity contribution is 7.93. The Bertz CT molecular complexity index is 1080. The molecule has 7 nitrogen and oxygen atoms in total. The van der Waals surface area contributed by atoms with E-state index in [1.807, 2.05) is 24.3 Å². The fourth-order valence-corrected chi connectivity index (χ4v) is 4.39. The molecule has 0 saturated carbocycles. The molecule has 9 heteroatoms. The number of carbonyl (C=O) groups is 1. The van der Waals surface area contributed by atoms with E-state index in [2.05, 4.69) is 28.9 Å². The van der Waals surface area contributed by atoms with E-state index in [1.54, 1.807) is 12.3 Å². The van der Waals surface area contributed by atoms with E-state index in [0.717, 1.165) is 0 Å². The van der Waals surface area contributed by atoms with E-state index in [-0.39, 0.29) is 10.8 Å². The van der Waals surface area contributed by atoms with Crippen LogP contribution in [0.15, 0.2) is 65.0 Å². The number of anilines is 2. The van der Waals surface area contributed by atoms with Crippen LogP contribution >= 0.6 is 11.3 Å². The molecule has 0 fully saturated rings. The van der Waals surface area contributed by atoms with E-state index in [0.29, 0.717) is 22.5 Å². The third-order valence-electron chi connectivity index (χ3n) is 4.32. The van der Waals surface area contributed by atoms with Crippen molar-refractivity contribution in [3.63, 3.8) is 0 Å². The Hall–Kier alpha value is -2.91. The third-order valence-corrected chi connectivity index (χ3v) is 6.49. The molecule has 0 aliphatic heterocycles. The van der Waals surface area contributed by atoms with Crippen LogP contribution in [-0.2, 0) is 14.8 Å². The van der Waals surface area contributed by atoms with Gasteiger partial charge in [0.1, 0.15) is 5.75 Å². The first kappa shape index (κ1) is 21.8. The van der Waals surface area contributed by atoms with Crippen LogP contribution in [-0.4, -0.2) is 25.4 Å². The van der Waals surface area contributed by atoms with Gasteiger partial charge in [0.2, 0.25) is 0 Å². The Kier molecular flexibility index (Phi) is 6.73. The van der Waals surface area contributed by atoms with Crippen LogP contribution in [0.3, 0.4) is 0 Å². The van der Waals surface area contributed by atoms with Gasteiger partial charge in [0.15, 0.2) is 11.2 Å². The number of nitrogens with one attached hydrogen (secondary N) is 2. The topological polar surface area (TPSA) is 97.4 Å². The molecule has 1 heterocycles. The van der Waals surface area contributed by atoms with Crippen LogP contribution in [0.5, 0.6) is 5.75 Å². The maximum absolute atomic E-state index is 12.4. The third kappa shape index (κ3) is 5.58.